The Morgan fingerprint density at radius 1 is 1.13 bits per heavy atom. The number of hydrogen-bond acceptors (Lipinski definition) is 4. The first kappa shape index (κ1) is 18.8. The molecule has 1 rings (SSSR count). The summed E-state index contributed by atoms with van der Waals surface area (Å²) in [6, 6.07) is 7.82. The number of esters is 1. The molecule has 0 aliphatic rings. The topological polar surface area (TPSA) is 61.9 Å². The quantitative estimate of drug-likeness (QED) is 0.782. The van der Waals surface area contributed by atoms with Crippen molar-refractivity contribution < 1.29 is 14.3 Å². The maximum atomic E-state index is 12.0. The lowest BCUT2D eigenvalue weighted by Gasteiger charge is -2.19. The summed E-state index contributed by atoms with van der Waals surface area (Å²) in [5.74, 6) is -0.303. The van der Waals surface area contributed by atoms with Gasteiger partial charge in [0.2, 0.25) is 0 Å². The van der Waals surface area contributed by atoms with Crippen LogP contribution in [0.5, 0.6) is 0 Å². The fourth-order valence-corrected chi connectivity index (χ4v) is 1.97. The first-order chi connectivity index (χ1) is 10.8. The van der Waals surface area contributed by atoms with Gasteiger partial charge in [-0.15, -0.1) is 0 Å². The van der Waals surface area contributed by atoms with Gasteiger partial charge in [0, 0.05) is 39.9 Å². The molecular weight excluding hydrogens is 294 g/mol. The van der Waals surface area contributed by atoms with Gasteiger partial charge < -0.3 is 19.9 Å². The Hall–Kier alpha value is -2.24. The van der Waals surface area contributed by atoms with Gasteiger partial charge in [-0.1, -0.05) is 12.1 Å². The van der Waals surface area contributed by atoms with Gasteiger partial charge in [0.05, 0.1) is 12.5 Å². The van der Waals surface area contributed by atoms with Gasteiger partial charge in [-0.3, -0.25) is 4.79 Å². The highest BCUT2D eigenvalue weighted by molar-refractivity contribution is 5.75. The summed E-state index contributed by atoms with van der Waals surface area (Å²) < 4.78 is 5.01. The summed E-state index contributed by atoms with van der Waals surface area (Å²) in [4.78, 5) is 27.0. The highest BCUT2D eigenvalue weighted by atomic mass is 16.5. The third-order valence-electron chi connectivity index (χ3n) is 3.19. The molecular formula is C17H27N3O3. The van der Waals surface area contributed by atoms with Crippen molar-refractivity contribution in [1.82, 2.24) is 10.2 Å². The van der Waals surface area contributed by atoms with Crippen LogP contribution >= 0.6 is 0 Å². The van der Waals surface area contributed by atoms with Crippen molar-refractivity contribution in [3.05, 3.63) is 29.8 Å². The molecule has 0 bridgehead atoms. The molecule has 6 nitrogen and oxygen atoms in total. The number of carbonyl (C=O) groups is 2. The highest BCUT2D eigenvalue weighted by Crippen LogP contribution is 2.13. The van der Waals surface area contributed by atoms with Crippen LogP contribution < -0.4 is 10.2 Å². The SMILES string of the molecule is CC(C)OC(=O)CCNC(=O)N(C)Cc1ccc(N(C)C)cc1. The third kappa shape index (κ3) is 7.04. The van der Waals surface area contributed by atoms with E-state index in [1.807, 2.05) is 43.3 Å². The molecule has 0 radical (unpaired) electrons. The van der Waals surface area contributed by atoms with E-state index in [2.05, 4.69) is 5.32 Å². The number of hydrogen-bond donors (Lipinski definition) is 1. The first-order valence-corrected chi connectivity index (χ1v) is 7.74. The number of ether oxygens (including phenoxy) is 1. The van der Waals surface area contributed by atoms with E-state index in [4.69, 9.17) is 4.74 Å². The van der Waals surface area contributed by atoms with E-state index in [0.717, 1.165) is 11.3 Å². The van der Waals surface area contributed by atoms with Crippen molar-refractivity contribution in [2.24, 2.45) is 0 Å². The minimum Gasteiger partial charge on any atom is -0.463 e. The summed E-state index contributed by atoms with van der Waals surface area (Å²) >= 11 is 0. The van der Waals surface area contributed by atoms with Gasteiger partial charge in [-0.05, 0) is 31.5 Å². The maximum absolute atomic E-state index is 12.0. The second-order valence-corrected chi connectivity index (χ2v) is 5.94. The molecule has 1 aromatic carbocycles. The largest absolute Gasteiger partial charge is 0.463 e. The lowest BCUT2D eigenvalue weighted by molar-refractivity contribution is -0.147. The molecule has 2 amide bonds. The average Bonchev–Trinajstić information content (AvgIpc) is 2.46. The number of nitrogens with one attached hydrogen (secondary N) is 1. The van der Waals surface area contributed by atoms with Crippen molar-refractivity contribution in [3.8, 4) is 0 Å². The van der Waals surface area contributed by atoms with E-state index in [9.17, 15) is 9.59 Å². The molecule has 1 aromatic rings. The van der Waals surface area contributed by atoms with E-state index < -0.39 is 0 Å². The van der Waals surface area contributed by atoms with Crippen molar-refractivity contribution in [1.29, 1.82) is 0 Å². The van der Waals surface area contributed by atoms with Crippen molar-refractivity contribution in [3.63, 3.8) is 0 Å². The second kappa shape index (κ2) is 9.02. The van der Waals surface area contributed by atoms with Crippen LogP contribution in [-0.4, -0.2) is 50.7 Å². The third-order valence-corrected chi connectivity index (χ3v) is 3.19. The predicted octanol–water partition coefficient (Wildman–Crippen LogP) is 2.24. The zero-order valence-electron chi connectivity index (χ0n) is 14.6. The summed E-state index contributed by atoms with van der Waals surface area (Å²) in [6.45, 7) is 4.38. The van der Waals surface area contributed by atoms with Gasteiger partial charge in [-0.25, -0.2) is 4.79 Å². The Labute approximate surface area is 138 Å². The number of nitrogens with zero attached hydrogens (tertiary/aromatic N) is 2. The molecule has 0 atom stereocenters. The number of rotatable bonds is 7. The number of amides is 2. The monoisotopic (exact) mass is 321 g/mol. The van der Waals surface area contributed by atoms with E-state index in [0.29, 0.717) is 6.54 Å². The predicted molar refractivity (Wildman–Crippen MR) is 91.5 cm³/mol. The van der Waals surface area contributed by atoms with Crippen LogP contribution in [0.15, 0.2) is 24.3 Å². The molecule has 0 spiro atoms. The van der Waals surface area contributed by atoms with Gasteiger partial charge in [0.15, 0.2) is 0 Å². The molecule has 23 heavy (non-hydrogen) atoms. The molecule has 0 saturated heterocycles. The van der Waals surface area contributed by atoms with Gasteiger partial charge >= 0.3 is 12.0 Å². The second-order valence-electron chi connectivity index (χ2n) is 5.94. The van der Waals surface area contributed by atoms with Gasteiger partial charge in [0.1, 0.15) is 0 Å². The summed E-state index contributed by atoms with van der Waals surface area (Å²) in [5, 5.41) is 2.71. The normalized spacial score (nSPS) is 10.3. The van der Waals surface area contributed by atoms with Crippen LogP contribution in [0, 0.1) is 0 Å². The molecule has 0 aromatic heterocycles. The minimum absolute atomic E-state index is 0.133. The van der Waals surface area contributed by atoms with Crippen LogP contribution in [0.25, 0.3) is 0 Å². The lowest BCUT2D eigenvalue weighted by Crippen LogP contribution is -2.38. The minimum atomic E-state index is -0.303. The average molecular weight is 321 g/mol. The summed E-state index contributed by atoms with van der Waals surface area (Å²) in [5.41, 5.74) is 2.16. The van der Waals surface area contributed by atoms with E-state index in [1.165, 1.54) is 0 Å². The zero-order chi connectivity index (χ0) is 17.4. The smallest absolute Gasteiger partial charge is 0.317 e. The van der Waals surface area contributed by atoms with Crippen molar-refractivity contribution in [2.45, 2.75) is 32.9 Å². The number of urea groups is 1. The molecule has 1 N–H and O–H groups in total. The molecule has 0 saturated carbocycles. The number of carbonyl (C=O) groups excluding carboxylic acids is 2. The molecule has 128 valence electrons. The van der Waals surface area contributed by atoms with Crippen LogP contribution in [0.2, 0.25) is 0 Å². The molecule has 0 heterocycles. The van der Waals surface area contributed by atoms with E-state index in [1.54, 1.807) is 25.8 Å². The Morgan fingerprint density at radius 2 is 1.74 bits per heavy atom. The number of benzene rings is 1. The molecule has 0 aliphatic carbocycles. The number of anilines is 1. The Morgan fingerprint density at radius 3 is 2.26 bits per heavy atom. The van der Waals surface area contributed by atoms with Crippen LogP contribution in [0.3, 0.4) is 0 Å². The van der Waals surface area contributed by atoms with Gasteiger partial charge in [0.25, 0.3) is 0 Å². The van der Waals surface area contributed by atoms with Crippen LogP contribution in [-0.2, 0) is 16.1 Å². The van der Waals surface area contributed by atoms with Crippen LogP contribution in [0.4, 0.5) is 10.5 Å². The van der Waals surface area contributed by atoms with Gasteiger partial charge in [-0.2, -0.15) is 0 Å². The first-order valence-electron chi connectivity index (χ1n) is 7.74. The maximum Gasteiger partial charge on any atom is 0.317 e. The Balaban J connectivity index is 2.37. The fourth-order valence-electron chi connectivity index (χ4n) is 1.97. The summed E-state index contributed by atoms with van der Waals surface area (Å²) in [7, 11) is 5.69. The van der Waals surface area contributed by atoms with E-state index >= 15 is 0 Å². The zero-order valence-corrected chi connectivity index (χ0v) is 14.6. The Kier molecular flexibility index (Phi) is 7.38. The van der Waals surface area contributed by atoms with E-state index in [-0.39, 0.29) is 31.1 Å². The highest BCUT2D eigenvalue weighted by Gasteiger charge is 2.11. The molecule has 0 unspecified atom stereocenters. The van der Waals surface area contributed by atoms with Crippen LogP contribution in [0.1, 0.15) is 25.8 Å². The Bertz CT molecular complexity index is 512. The molecule has 6 heteroatoms. The van der Waals surface area contributed by atoms with Crippen molar-refractivity contribution in [2.75, 3.05) is 32.6 Å². The molecule has 0 fully saturated rings. The van der Waals surface area contributed by atoms with Crippen molar-refractivity contribution >= 4 is 17.7 Å². The fraction of sp³-hybridized carbons (Fsp3) is 0.529. The lowest BCUT2D eigenvalue weighted by atomic mass is 10.2. The standard InChI is InChI=1S/C17H27N3O3/c1-13(2)23-16(21)10-11-18-17(22)20(5)12-14-6-8-15(9-7-14)19(3)4/h6-9,13H,10-12H2,1-5H3,(H,18,22). The molecule has 0 aliphatic heterocycles. The summed E-state index contributed by atoms with van der Waals surface area (Å²) in [6.07, 6.45) is 0.0426.